The van der Waals surface area contributed by atoms with Crippen LogP contribution in [0.2, 0.25) is 5.02 Å². The average molecular weight is 588 g/mol. The lowest BCUT2D eigenvalue weighted by Crippen LogP contribution is -2.30. The van der Waals surface area contributed by atoms with Crippen LogP contribution in [0.5, 0.6) is 0 Å². The van der Waals surface area contributed by atoms with E-state index in [1.165, 1.54) is 36.0 Å². The Balaban J connectivity index is 1.49. The molecule has 41 heavy (non-hydrogen) atoms. The maximum absolute atomic E-state index is 14.5. The summed E-state index contributed by atoms with van der Waals surface area (Å²) in [5, 5.41) is 8.32. The van der Waals surface area contributed by atoms with Crippen LogP contribution in [0.15, 0.2) is 102 Å². The summed E-state index contributed by atoms with van der Waals surface area (Å²) in [6, 6.07) is 25.3. The van der Waals surface area contributed by atoms with Crippen molar-refractivity contribution in [1.29, 1.82) is 0 Å². The van der Waals surface area contributed by atoms with Crippen LogP contribution < -0.4 is 16.0 Å². The summed E-state index contributed by atoms with van der Waals surface area (Å²) < 4.78 is 14.5. The zero-order chi connectivity index (χ0) is 29.4. The number of hydrogen-bond donors (Lipinski definition) is 3. The lowest BCUT2D eigenvalue weighted by Gasteiger charge is -2.13. The van der Waals surface area contributed by atoms with E-state index in [0.717, 1.165) is 21.7 Å². The van der Waals surface area contributed by atoms with Crippen LogP contribution in [-0.2, 0) is 9.59 Å². The SMILES string of the molecule is Cc1ccc(C)c(NC(=O)CSc2cccc(NC(=O)/C(=C\c3c(F)cccc3Cl)NC(=O)c3ccccc3)c2)c1. The molecule has 0 atom stereocenters. The Morgan fingerprint density at radius 3 is 2.39 bits per heavy atom. The van der Waals surface area contributed by atoms with Gasteiger partial charge in [-0.05, 0) is 79.6 Å². The standard InChI is InChI=1S/C32H27ClFN3O3S/c1-20-14-15-21(2)28(16-20)36-30(38)19-41-24-11-6-10-23(17-24)35-32(40)29(18-25-26(33)12-7-13-27(25)34)37-31(39)22-8-4-3-5-9-22/h3-18H,19H2,1-2H3,(H,35,40)(H,36,38)(H,37,39)/b29-18+. The zero-order valence-corrected chi connectivity index (χ0v) is 23.9. The third-order valence-corrected chi connectivity index (χ3v) is 7.27. The number of nitrogens with one attached hydrogen (secondary N) is 3. The third-order valence-electron chi connectivity index (χ3n) is 5.95. The summed E-state index contributed by atoms with van der Waals surface area (Å²) in [5.74, 6) is -1.86. The van der Waals surface area contributed by atoms with Crippen molar-refractivity contribution in [3.63, 3.8) is 0 Å². The highest BCUT2D eigenvalue weighted by atomic mass is 35.5. The first kappa shape index (κ1) is 29.6. The van der Waals surface area contributed by atoms with Gasteiger partial charge >= 0.3 is 0 Å². The van der Waals surface area contributed by atoms with E-state index in [-0.39, 0.29) is 27.9 Å². The molecule has 4 aromatic carbocycles. The topological polar surface area (TPSA) is 87.3 Å². The Hall–Kier alpha value is -4.40. The van der Waals surface area contributed by atoms with Gasteiger partial charge in [-0.2, -0.15) is 0 Å². The highest BCUT2D eigenvalue weighted by molar-refractivity contribution is 8.00. The van der Waals surface area contributed by atoms with Gasteiger partial charge in [0, 0.05) is 27.4 Å². The van der Waals surface area contributed by atoms with Gasteiger partial charge in [0.2, 0.25) is 5.91 Å². The predicted molar refractivity (Wildman–Crippen MR) is 164 cm³/mol. The van der Waals surface area contributed by atoms with Gasteiger partial charge in [-0.1, -0.05) is 54.1 Å². The molecule has 0 spiro atoms. The Morgan fingerprint density at radius 2 is 1.63 bits per heavy atom. The van der Waals surface area contributed by atoms with Gasteiger partial charge in [0.25, 0.3) is 11.8 Å². The van der Waals surface area contributed by atoms with Gasteiger partial charge in [0.15, 0.2) is 0 Å². The summed E-state index contributed by atoms with van der Waals surface area (Å²) >= 11 is 7.48. The van der Waals surface area contributed by atoms with Gasteiger partial charge in [0.05, 0.1) is 10.8 Å². The molecule has 4 rings (SSSR count). The zero-order valence-electron chi connectivity index (χ0n) is 22.3. The fraction of sp³-hybridized carbons (Fsp3) is 0.0938. The predicted octanol–water partition coefficient (Wildman–Crippen LogP) is 7.24. The van der Waals surface area contributed by atoms with Crippen LogP contribution in [0, 0.1) is 19.7 Å². The molecule has 3 amide bonds. The van der Waals surface area contributed by atoms with E-state index in [0.29, 0.717) is 11.3 Å². The minimum atomic E-state index is -0.677. The molecule has 208 valence electrons. The molecular formula is C32H27ClFN3O3S. The van der Waals surface area contributed by atoms with E-state index in [1.807, 2.05) is 38.1 Å². The van der Waals surface area contributed by atoms with E-state index in [4.69, 9.17) is 11.6 Å². The monoisotopic (exact) mass is 587 g/mol. The molecule has 0 aliphatic rings. The van der Waals surface area contributed by atoms with Crippen molar-refractivity contribution < 1.29 is 18.8 Å². The third kappa shape index (κ3) is 8.30. The number of amides is 3. The minimum absolute atomic E-state index is 0.0353. The Labute approximate surface area is 247 Å². The number of carbonyl (C=O) groups excluding carboxylic acids is 3. The number of aryl methyl sites for hydroxylation is 2. The summed E-state index contributed by atoms with van der Waals surface area (Å²) in [7, 11) is 0. The molecule has 0 radical (unpaired) electrons. The highest BCUT2D eigenvalue weighted by Crippen LogP contribution is 2.25. The molecule has 0 heterocycles. The number of thioether (sulfide) groups is 1. The molecule has 6 nitrogen and oxygen atoms in total. The molecule has 0 bridgehead atoms. The van der Waals surface area contributed by atoms with Crippen LogP contribution in [0.25, 0.3) is 6.08 Å². The van der Waals surface area contributed by atoms with E-state index in [2.05, 4.69) is 16.0 Å². The van der Waals surface area contributed by atoms with Gasteiger partial charge < -0.3 is 16.0 Å². The fourth-order valence-corrected chi connectivity index (χ4v) is 4.78. The van der Waals surface area contributed by atoms with Gasteiger partial charge in [-0.25, -0.2) is 4.39 Å². The normalized spacial score (nSPS) is 11.1. The number of halogens is 2. The number of carbonyl (C=O) groups is 3. The minimum Gasteiger partial charge on any atom is -0.325 e. The lowest BCUT2D eigenvalue weighted by molar-refractivity contribution is -0.114. The van der Waals surface area contributed by atoms with Crippen molar-refractivity contribution in [2.45, 2.75) is 18.7 Å². The van der Waals surface area contributed by atoms with Crippen LogP contribution in [-0.4, -0.2) is 23.5 Å². The molecule has 4 aromatic rings. The molecule has 9 heteroatoms. The van der Waals surface area contributed by atoms with Crippen LogP contribution in [0.4, 0.5) is 15.8 Å². The second-order valence-electron chi connectivity index (χ2n) is 9.15. The van der Waals surface area contributed by atoms with Crippen molar-refractivity contribution in [2.24, 2.45) is 0 Å². The van der Waals surface area contributed by atoms with Crippen molar-refractivity contribution in [3.8, 4) is 0 Å². The van der Waals surface area contributed by atoms with Gasteiger partial charge in [-0.3, -0.25) is 14.4 Å². The molecule has 0 unspecified atom stereocenters. The average Bonchev–Trinajstić information content (AvgIpc) is 2.96. The van der Waals surface area contributed by atoms with Crippen LogP contribution in [0.3, 0.4) is 0 Å². The van der Waals surface area contributed by atoms with Crippen LogP contribution in [0.1, 0.15) is 27.0 Å². The summed E-state index contributed by atoms with van der Waals surface area (Å²) in [4.78, 5) is 39.5. The van der Waals surface area contributed by atoms with Crippen molar-refractivity contribution in [1.82, 2.24) is 5.32 Å². The first-order valence-corrected chi connectivity index (χ1v) is 14.0. The quantitative estimate of drug-likeness (QED) is 0.142. The van der Waals surface area contributed by atoms with Gasteiger partial charge in [-0.15, -0.1) is 11.8 Å². The van der Waals surface area contributed by atoms with Crippen molar-refractivity contribution in [2.75, 3.05) is 16.4 Å². The fourth-order valence-electron chi connectivity index (χ4n) is 3.80. The number of benzene rings is 4. The number of hydrogen-bond acceptors (Lipinski definition) is 4. The van der Waals surface area contributed by atoms with E-state index in [9.17, 15) is 18.8 Å². The highest BCUT2D eigenvalue weighted by Gasteiger charge is 2.17. The smallest absolute Gasteiger partial charge is 0.272 e. The Kier molecular flexibility index (Phi) is 9.95. The lowest BCUT2D eigenvalue weighted by atomic mass is 10.1. The molecule has 3 N–H and O–H groups in total. The van der Waals surface area contributed by atoms with Crippen molar-refractivity contribution >= 4 is 58.5 Å². The van der Waals surface area contributed by atoms with E-state index >= 15 is 0 Å². The molecule has 0 fully saturated rings. The van der Waals surface area contributed by atoms with Gasteiger partial charge in [0.1, 0.15) is 11.5 Å². The first-order valence-electron chi connectivity index (χ1n) is 12.6. The number of rotatable bonds is 9. The summed E-state index contributed by atoms with van der Waals surface area (Å²) in [5.41, 5.74) is 3.30. The molecule has 0 aromatic heterocycles. The second-order valence-corrected chi connectivity index (χ2v) is 10.6. The largest absolute Gasteiger partial charge is 0.325 e. The molecule has 0 aliphatic heterocycles. The molecular weight excluding hydrogens is 561 g/mol. The Bertz CT molecular complexity index is 1610. The molecule has 0 saturated carbocycles. The van der Waals surface area contributed by atoms with E-state index in [1.54, 1.807) is 48.5 Å². The summed E-state index contributed by atoms with van der Waals surface area (Å²) in [6.07, 6.45) is 1.20. The summed E-state index contributed by atoms with van der Waals surface area (Å²) in [6.45, 7) is 3.89. The van der Waals surface area contributed by atoms with E-state index < -0.39 is 17.6 Å². The second kappa shape index (κ2) is 13.8. The first-order chi connectivity index (χ1) is 19.7. The number of anilines is 2. The maximum Gasteiger partial charge on any atom is 0.272 e. The molecule has 0 saturated heterocycles. The van der Waals surface area contributed by atoms with Crippen LogP contribution >= 0.6 is 23.4 Å². The maximum atomic E-state index is 14.5. The Morgan fingerprint density at radius 1 is 0.878 bits per heavy atom. The molecule has 0 aliphatic carbocycles. The van der Waals surface area contributed by atoms with Crippen molar-refractivity contribution in [3.05, 3.63) is 130 Å².